The highest BCUT2D eigenvalue weighted by molar-refractivity contribution is 5.10. The molecule has 0 saturated heterocycles. The van der Waals surface area contributed by atoms with Crippen molar-refractivity contribution in [2.75, 3.05) is 13.7 Å². The molecule has 0 amide bonds. The lowest BCUT2D eigenvalue weighted by atomic mass is 9.80. The van der Waals surface area contributed by atoms with Crippen LogP contribution in [-0.2, 0) is 15.8 Å². The van der Waals surface area contributed by atoms with Crippen molar-refractivity contribution in [2.24, 2.45) is 5.73 Å². The third kappa shape index (κ3) is 2.74. The molecule has 5 nitrogen and oxygen atoms in total. The SMILES string of the molecule is CCC(C)(OC)c1noc(C2(CN)CCCCCC2)n1. The van der Waals surface area contributed by atoms with Gasteiger partial charge in [-0.05, 0) is 26.2 Å². The second kappa shape index (κ2) is 6.22. The van der Waals surface area contributed by atoms with Gasteiger partial charge in [0, 0.05) is 13.7 Å². The predicted molar refractivity (Wildman–Crippen MR) is 77.4 cm³/mol. The van der Waals surface area contributed by atoms with Crippen LogP contribution in [0.5, 0.6) is 0 Å². The summed E-state index contributed by atoms with van der Waals surface area (Å²) in [5, 5.41) is 4.16. The summed E-state index contributed by atoms with van der Waals surface area (Å²) in [6.45, 7) is 4.62. The number of aromatic nitrogens is 2. The molecule has 0 aliphatic heterocycles. The Kier molecular flexibility index (Phi) is 4.81. The quantitative estimate of drug-likeness (QED) is 0.840. The van der Waals surface area contributed by atoms with E-state index in [1.807, 2.05) is 6.92 Å². The van der Waals surface area contributed by atoms with Crippen molar-refractivity contribution in [3.63, 3.8) is 0 Å². The van der Waals surface area contributed by atoms with E-state index in [4.69, 9.17) is 15.0 Å². The van der Waals surface area contributed by atoms with E-state index in [1.165, 1.54) is 25.7 Å². The van der Waals surface area contributed by atoms with Gasteiger partial charge in [-0.25, -0.2) is 0 Å². The van der Waals surface area contributed by atoms with Gasteiger partial charge in [-0.2, -0.15) is 4.98 Å². The Hall–Kier alpha value is -0.940. The van der Waals surface area contributed by atoms with E-state index >= 15 is 0 Å². The Morgan fingerprint density at radius 3 is 2.45 bits per heavy atom. The van der Waals surface area contributed by atoms with E-state index < -0.39 is 5.60 Å². The van der Waals surface area contributed by atoms with Crippen LogP contribution in [0.4, 0.5) is 0 Å². The zero-order valence-corrected chi connectivity index (χ0v) is 12.9. The van der Waals surface area contributed by atoms with E-state index in [0.29, 0.717) is 18.3 Å². The lowest BCUT2D eigenvalue weighted by Gasteiger charge is -2.27. The summed E-state index contributed by atoms with van der Waals surface area (Å²) in [5.74, 6) is 1.34. The summed E-state index contributed by atoms with van der Waals surface area (Å²) in [6.07, 6.45) is 7.80. The Morgan fingerprint density at radius 1 is 1.30 bits per heavy atom. The second-order valence-corrected chi connectivity index (χ2v) is 6.11. The molecule has 0 bridgehead atoms. The van der Waals surface area contributed by atoms with Crippen molar-refractivity contribution < 1.29 is 9.26 Å². The highest BCUT2D eigenvalue weighted by atomic mass is 16.5. The van der Waals surface area contributed by atoms with Crippen LogP contribution in [0.3, 0.4) is 0 Å². The highest BCUT2D eigenvalue weighted by Gasteiger charge is 2.39. The van der Waals surface area contributed by atoms with E-state index in [9.17, 15) is 0 Å². The molecule has 1 unspecified atom stereocenters. The van der Waals surface area contributed by atoms with Crippen molar-refractivity contribution in [3.05, 3.63) is 11.7 Å². The van der Waals surface area contributed by atoms with Gasteiger partial charge in [0.25, 0.3) is 0 Å². The van der Waals surface area contributed by atoms with Crippen LogP contribution in [0.2, 0.25) is 0 Å². The molecule has 1 aliphatic rings. The Labute approximate surface area is 121 Å². The Balaban J connectivity index is 2.30. The first-order valence-corrected chi connectivity index (χ1v) is 7.70. The molecular weight excluding hydrogens is 254 g/mol. The lowest BCUT2D eigenvalue weighted by Crippen LogP contribution is -2.35. The molecule has 1 atom stereocenters. The monoisotopic (exact) mass is 281 g/mol. The van der Waals surface area contributed by atoms with Gasteiger partial charge in [-0.15, -0.1) is 0 Å². The molecular formula is C15H27N3O2. The average Bonchev–Trinajstić information content (AvgIpc) is 2.87. The summed E-state index contributed by atoms with van der Waals surface area (Å²) < 4.78 is 11.1. The van der Waals surface area contributed by atoms with Crippen LogP contribution in [-0.4, -0.2) is 23.8 Å². The van der Waals surface area contributed by atoms with Crippen LogP contribution in [0.1, 0.15) is 70.5 Å². The molecule has 0 radical (unpaired) electrons. The molecule has 0 aromatic carbocycles. The van der Waals surface area contributed by atoms with Crippen molar-refractivity contribution in [1.29, 1.82) is 0 Å². The fraction of sp³-hybridized carbons (Fsp3) is 0.867. The molecule has 20 heavy (non-hydrogen) atoms. The first kappa shape index (κ1) is 15.4. The number of nitrogens with two attached hydrogens (primary N) is 1. The maximum Gasteiger partial charge on any atom is 0.234 e. The summed E-state index contributed by atoms with van der Waals surface area (Å²) >= 11 is 0. The normalized spacial score (nSPS) is 22.2. The minimum atomic E-state index is -0.484. The van der Waals surface area contributed by atoms with Gasteiger partial charge in [0.2, 0.25) is 11.7 Å². The zero-order valence-electron chi connectivity index (χ0n) is 12.9. The molecule has 2 N–H and O–H groups in total. The lowest BCUT2D eigenvalue weighted by molar-refractivity contribution is -0.0106. The largest absolute Gasteiger partial charge is 0.370 e. The number of hydrogen-bond donors (Lipinski definition) is 1. The summed E-state index contributed by atoms with van der Waals surface area (Å²) in [6, 6.07) is 0. The zero-order chi connectivity index (χ0) is 14.6. The molecule has 1 saturated carbocycles. The summed E-state index contributed by atoms with van der Waals surface area (Å²) in [7, 11) is 1.68. The molecule has 0 spiro atoms. The van der Waals surface area contributed by atoms with E-state index in [-0.39, 0.29) is 5.41 Å². The predicted octanol–water partition coefficient (Wildman–Crippen LogP) is 2.89. The number of rotatable bonds is 5. The fourth-order valence-electron chi connectivity index (χ4n) is 2.96. The maximum atomic E-state index is 6.06. The number of hydrogen-bond acceptors (Lipinski definition) is 5. The van der Waals surface area contributed by atoms with E-state index in [0.717, 1.165) is 19.3 Å². The van der Waals surface area contributed by atoms with Gasteiger partial charge in [0.1, 0.15) is 5.60 Å². The number of methoxy groups -OCH3 is 1. The molecule has 1 fully saturated rings. The van der Waals surface area contributed by atoms with Crippen LogP contribution in [0.15, 0.2) is 4.52 Å². The van der Waals surface area contributed by atoms with Crippen molar-refractivity contribution in [1.82, 2.24) is 10.1 Å². The van der Waals surface area contributed by atoms with Gasteiger partial charge in [-0.3, -0.25) is 0 Å². The van der Waals surface area contributed by atoms with Gasteiger partial charge >= 0.3 is 0 Å². The average molecular weight is 281 g/mol. The first-order valence-electron chi connectivity index (χ1n) is 7.70. The van der Waals surface area contributed by atoms with Gasteiger partial charge < -0.3 is 15.0 Å². The van der Waals surface area contributed by atoms with Crippen LogP contribution in [0, 0.1) is 0 Å². The van der Waals surface area contributed by atoms with E-state index in [2.05, 4.69) is 17.1 Å². The van der Waals surface area contributed by atoms with Crippen LogP contribution >= 0.6 is 0 Å². The van der Waals surface area contributed by atoms with Crippen molar-refractivity contribution in [2.45, 2.75) is 69.8 Å². The molecule has 5 heteroatoms. The molecule has 1 heterocycles. The minimum Gasteiger partial charge on any atom is -0.370 e. The summed E-state index contributed by atoms with van der Waals surface area (Å²) in [5.41, 5.74) is 5.45. The molecule has 1 aromatic heterocycles. The van der Waals surface area contributed by atoms with Crippen molar-refractivity contribution >= 4 is 0 Å². The fourth-order valence-corrected chi connectivity index (χ4v) is 2.96. The van der Waals surface area contributed by atoms with Gasteiger partial charge in [0.05, 0.1) is 5.41 Å². The van der Waals surface area contributed by atoms with Crippen LogP contribution < -0.4 is 5.73 Å². The third-order valence-electron chi connectivity index (χ3n) is 4.93. The third-order valence-corrected chi connectivity index (χ3v) is 4.93. The number of nitrogens with zero attached hydrogens (tertiary/aromatic N) is 2. The standard InChI is InChI=1S/C15H27N3O2/c1-4-14(2,19-3)12-17-13(20-18-12)15(11-16)9-7-5-6-8-10-15/h4-11,16H2,1-3H3. The summed E-state index contributed by atoms with van der Waals surface area (Å²) in [4.78, 5) is 4.65. The Morgan fingerprint density at radius 2 is 1.95 bits per heavy atom. The highest BCUT2D eigenvalue weighted by Crippen LogP contribution is 2.37. The molecule has 1 aliphatic carbocycles. The van der Waals surface area contributed by atoms with Crippen molar-refractivity contribution in [3.8, 4) is 0 Å². The molecule has 1 aromatic rings. The number of ether oxygens (including phenoxy) is 1. The van der Waals surface area contributed by atoms with Crippen LogP contribution in [0.25, 0.3) is 0 Å². The molecule has 2 rings (SSSR count). The van der Waals surface area contributed by atoms with Gasteiger partial charge in [-0.1, -0.05) is 37.8 Å². The first-order chi connectivity index (χ1) is 9.60. The minimum absolute atomic E-state index is 0.135. The topological polar surface area (TPSA) is 74.2 Å². The van der Waals surface area contributed by atoms with E-state index in [1.54, 1.807) is 7.11 Å². The maximum absolute atomic E-state index is 6.06. The second-order valence-electron chi connectivity index (χ2n) is 6.11. The smallest absolute Gasteiger partial charge is 0.234 e. The Bertz CT molecular complexity index is 419. The molecule has 114 valence electrons. The van der Waals surface area contributed by atoms with Gasteiger partial charge in [0.15, 0.2) is 0 Å².